The SMILES string of the molecule is CCCc1cccc2c1C=C(C)[CH]2[Zr]. The average molecular weight is 262 g/mol. The molecule has 71 valence electrons. The molecule has 0 fully saturated rings. The molecule has 0 spiro atoms. The molecule has 1 aliphatic rings. The first-order chi connectivity index (χ1) is 6.74. The third kappa shape index (κ3) is 1.67. The monoisotopic (exact) mass is 261 g/mol. The van der Waals surface area contributed by atoms with E-state index in [0.717, 1.165) is 0 Å². The van der Waals surface area contributed by atoms with Crippen molar-refractivity contribution in [2.75, 3.05) is 0 Å². The van der Waals surface area contributed by atoms with Gasteiger partial charge < -0.3 is 0 Å². The molecule has 0 nitrogen and oxygen atoms in total. The Morgan fingerprint density at radius 3 is 2.86 bits per heavy atom. The summed E-state index contributed by atoms with van der Waals surface area (Å²) in [4.78, 5) is 0. The van der Waals surface area contributed by atoms with E-state index in [2.05, 4.69) is 38.1 Å². The van der Waals surface area contributed by atoms with Crippen LogP contribution in [0.2, 0.25) is 0 Å². The van der Waals surface area contributed by atoms with E-state index in [4.69, 9.17) is 0 Å². The van der Waals surface area contributed by atoms with Crippen LogP contribution in [-0.2, 0) is 31.1 Å². The van der Waals surface area contributed by atoms with Crippen molar-refractivity contribution in [2.24, 2.45) is 0 Å². The molecule has 0 amide bonds. The Morgan fingerprint density at radius 2 is 2.14 bits per heavy atom. The molecule has 1 aromatic rings. The minimum absolute atomic E-state index is 0.717. The molecule has 0 N–H and O–H groups in total. The Kier molecular flexibility index (Phi) is 3.07. The van der Waals surface area contributed by atoms with Gasteiger partial charge in [-0.25, -0.2) is 0 Å². The van der Waals surface area contributed by atoms with Crippen LogP contribution in [0.15, 0.2) is 23.8 Å². The normalized spacial score (nSPS) is 19.2. The van der Waals surface area contributed by atoms with Crippen molar-refractivity contribution >= 4 is 6.08 Å². The Bertz CT molecular complexity index is 377. The number of hydrogen-bond donors (Lipinski definition) is 0. The molecule has 0 aromatic heterocycles. The standard InChI is InChI=1S/C13H15.Zr/c1-3-5-11-6-4-7-12-8-10(2)9-13(11)12;/h4,6-9H,3,5H2,1-2H3;. The molecule has 0 heterocycles. The van der Waals surface area contributed by atoms with E-state index in [0.29, 0.717) is 3.63 Å². The van der Waals surface area contributed by atoms with Crippen LogP contribution in [0.4, 0.5) is 0 Å². The summed E-state index contributed by atoms with van der Waals surface area (Å²) in [6.45, 7) is 4.51. The Labute approximate surface area is 101 Å². The molecule has 0 aliphatic heterocycles. The third-order valence-corrected chi connectivity index (χ3v) is 4.77. The molecule has 2 rings (SSSR count). The molecule has 1 atom stereocenters. The fraction of sp³-hybridized carbons (Fsp3) is 0.385. The van der Waals surface area contributed by atoms with Gasteiger partial charge in [0.1, 0.15) is 0 Å². The summed E-state index contributed by atoms with van der Waals surface area (Å²) >= 11 is 1.62. The van der Waals surface area contributed by atoms with Crippen LogP contribution in [0.3, 0.4) is 0 Å². The van der Waals surface area contributed by atoms with Crippen molar-refractivity contribution in [1.29, 1.82) is 0 Å². The van der Waals surface area contributed by atoms with E-state index in [-0.39, 0.29) is 0 Å². The second-order valence-electron chi connectivity index (χ2n) is 3.99. The summed E-state index contributed by atoms with van der Waals surface area (Å²) in [5, 5.41) is 0. The van der Waals surface area contributed by atoms with Gasteiger partial charge in [0.15, 0.2) is 0 Å². The van der Waals surface area contributed by atoms with E-state index >= 15 is 0 Å². The first-order valence-electron chi connectivity index (χ1n) is 5.25. The molecule has 14 heavy (non-hydrogen) atoms. The Morgan fingerprint density at radius 1 is 1.36 bits per heavy atom. The van der Waals surface area contributed by atoms with Crippen molar-refractivity contribution in [2.45, 2.75) is 30.3 Å². The number of aryl methyl sites for hydroxylation is 1. The van der Waals surface area contributed by atoms with Crippen LogP contribution in [0.25, 0.3) is 6.08 Å². The van der Waals surface area contributed by atoms with Crippen molar-refractivity contribution in [3.8, 4) is 0 Å². The van der Waals surface area contributed by atoms with Crippen molar-refractivity contribution < 1.29 is 24.7 Å². The molecular weight excluding hydrogens is 247 g/mol. The van der Waals surface area contributed by atoms with Crippen LogP contribution in [0.1, 0.15) is 40.6 Å². The van der Waals surface area contributed by atoms with E-state index in [9.17, 15) is 0 Å². The number of fused-ring (bicyclic) bond motifs is 1. The van der Waals surface area contributed by atoms with Gasteiger partial charge in [-0.15, -0.1) is 0 Å². The van der Waals surface area contributed by atoms with E-state index in [1.165, 1.54) is 24.0 Å². The zero-order valence-corrected chi connectivity index (χ0v) is 11.3. The summed E-state index contributed by atoms with van der Waals surface area (Å²) in [5.74, 6) is 0. The van der Waals surface area contributed by atoms with Crippen molar-refractivity contribution in [3.05, 3.63) is 40.5 Å². The molecule has 0 bridgehead atoms. The fourth-order valence-electron chi connectivity index (χ4n) is 2.10. The Hall–Kier alpha value is -0.157. The van der Waals surface area contributed by atoms with Crippen molar-refractivity contribution in [1.82, 2.24) is 0 Å². The molecule has 1 heteroatoms. The van der Waals surface area contributed by atoms with Gasteiger partial charge in [-0.1, -0.05) is 0 Å². The first-order valence-corrected chi connectivity index (χ1v) is 6.67. The summed E-state index contributed by atoms with van der Waals surface area (Å²) in [7, 11) is 0. The van der Waals surface area contributed by atoms with Crippen LogP contribution in [-0.4, -0.2) is 0 Å². The van der Waals surface area contributed by atoms with Gasteiger partial charge in [-0.3, -0.25) is 0 Å². The summed E-state index contributed by atoms with van der Waals surface area (Å²) in [6, 6.07) is 6.79. The number of benzene rings is 1. The fourth-order valence-corrected chi connectivity index (χ4v) is 2.93. The zero-order chi connectivity index (χ0) is 10.1. The molecular formula is C13H15Zr. The van der Waals surface area contributed by atoms with Crippen LogP contribution in [0, 0.1) is 0 Å². The summed E-state index contributed by atoms with van der Waals surface area (Å²) in [6.07, 6.45) is 4.85. The molecule has 0 saturated heterocycles. The van der Waals surface area contributed by atoms with Gasteiger partial charge in [0.2, 0.25) is 0 Å². The molecule has 0 saturated carbocycles. The topological polar surface area (TPSA) is 0 Å². The maximum atomic E-state index is 2.39. The average Bonchev–Trinajstić information content (AvgIpc) is 2.46. The van der Waals surface area contributed by atoms with E-state index < -0.39 is 0 Å². The van der Waals surface area contributed by atoms with Crippen LogP contribution in [0.5, 0.6) is 0 Å². The summed E-state index contributed by atoms with van der Waals surface area (Å²) in [5.41, 5.74) is 6.16. The molecule has 1 unspecified atom stereocenters. The number of hydrogen-bond acceptors (Lipinski definition) is 0. The predicted octanol–water partition coefficient (Wildman–Crippen LogP) is 3.64. The van der Waals surface area contributed by atoms with Gasteiger partial charge in [-0.05, 0) is 0 Å². The van der Waals surface area contributed by atoms with Gasteiger partial charge >= 0.3 is 102 Å². The van der Waals surface area contributed by atoms with Gasteiger partial charge in [0.05, 0.1) is 0 Å². The molecule has 1 aliphatic carbocycles. The summed E-state index contributed by atoms with van der Waals surface area (Å²) < 4.78 is 0.717. The van der Waals surface area contributed by atoms with Crippen LogP contribution < -0.4 is 0 Å². The Balaban J connectivity index is 2.48. The van der Waals surface area contributed by atoms with Gasteiger partial charge in [0, 0.05) is 0 Å². The number of rotatable bonds is 2. The predicted molar refractivity (Wildman–Crippen MR) is 56.8 cm³/mol. The maximum absolute atomic E-state index is 2.39. The van der Waals surface area contributed by atoms with Gasteiger partial charge in [0.25, 0.3) is 0 Å². The quantitative estimate of drug-likeness (QED) is 0.763. The first kappa shape index (κ1) is 10.4. The minimum atomic E-state index is 0.717. The second kappa shape index (κ2) is 4.15. The van der Waals surface area contributed by atoms with E-state index in [1.807, 2.05) is 0 Å². The van der Waals surface area contributed by atoms with Gasteiger partial charge in [-0.2, -0.15) is 0 Å². The van der Waals surface area contributed by atoms with Crippen molar-refractivity contribution in [3.63, 3.8) is 0 Å². The van der Waals surface area contributed by atoms with E-state index in [1.54, 1.807) is 35.9 Å². The number of allylic oxidation sites excluding steroid dienone is 1. The molecule has 0 radical (unpaired) electrons. The zero-order valence-electron chi connectivity index (χ0n) is 8.80. The molecule has 1 aromatic carbocycles. The third-order valence-electron chi connectivity index (χ3n) is 2.89. The van der Waals surface area contributed by atoms with Crippen LogP contribution >= 0.6 is 0 Å². The second-order valence-corrected chi connectivity index (χ2v) is 5.41.